The Kier molecular flexibility index (Phi) is 3.91. The number of halogens is 1. The molecule has 17 heavy (non-hydrogen) atoms. The molecule has 1 fully saturated rings. The van der Waals surface area contributed by atoms with Crippen LogP contribution >= 0.6 is 15.9 Å². The van der Waals surface area contributed by atoms with Crippen LogP contribution in [0.15, 0.2) is 28.7 Å². The smallest absolute Gasteiger partial charge is 0.0715 e. The Hall–Kier alpha value is -0.380. The summed E-state index contributed by atoms with van der Waals surface area (Å²) < 4.78 is 1.14. The van der Waals surface area contributed by atoms with Crippen LogP contribution in [0.3, 0.4) is 0 Å². The summed E-state index contributed by atoms with van der Waals surface area (Å²) in [6.45, 7) is 4.35. The molecule has 0 radical (unpaired) electrons. The predicted molar refractivity (Wildman–Crippen MR) is 74.2 cm³/mol. The third-order valence-corrected chi connectivity index (χ3v) is 3.83. The molecular weight excluding hydrogens is 278 g/mol. The normalized spacial score (nSPS) is 24.5. The van der Waals surface area contributed by atoms with E-state index >= 15 is 0 Å². The van der Waals surface area contributed by atoms with E-state index in [1.807, 2.05) is 13.8 Å². The molecule has 1 saturated carbocycles. The number of hydrogen-bond donors (Lipinski definition) is 2. The number of rotatable bonds is 4. The summed E-state index contributed by atoms with van der Waals surface area (Å²) in [6.07, 6.45) is 2.36. The molecule has 0 unspecified atom stereocenters. The fraction of sp³-hybridized carbons (Fsp3) is 0.571. The molecule has 1 aromatic rings. The van der Waals surface area contributed by atoms with E-state index in [0.29, 0.717) is 18.5 Å². The van der Waals surface area contributed by atoms with Gasteiger partial charge >= 0.3 is 0 Å². The van der Waals surface area contributed by atoms with Crippen LogP contribution in [0.4, 0.5) is 0 Å². The van der Waals surface area contributed by atoms with E-state index in [2.05, 4.69) is 45.5 Å². The third-order valence-electron chi connectivity index (χ3n) is 3.30. The molecule has 94 valence electrons. The predicted octanol–water partition coefficient (Wildman–Crippen LogP) is 3.06. The maximum atomic E-state index is 9.63. The first-order chi connectivity index (χ1) is 7.94. The molecule has 1 aliphatic rings. The van der Waals surface area contributed by atoms with Gasteiger partial charge in [0.2, 0.25) is 0 Å². The van der Waals surface area contributed by atoms with Crippen molar-refractivity contribution in [3.05, 3.63) is 34.3 Å². The lowest BCUT2D eigenvalue weighted by atomic mass is 9.76. The SMILES string of the molecule is CC(C)(O)CNC1CC(c2ccc(Br)cc2)C1. The zero-order valence-corrected chi connectivity index (χ0v) is 12.0. The van der Waals surface area contributed by atoms with E-state index in [9.17, 15) is 5.11 Å². The molecule has 0 bridgehead atoms. The minimum absolute atomic E-state index is 0.565. The summed E-state index contributed by atoms with van der Waals surface area (Å²) in [6, 6.07) is 9.16. The number of benzene rings is 1. The highest BCUT2D eigenvalue weighted by Crippen LogP contribution is 2.37. The van der Waals surface area contributed by atoms with Gasteiger partial charge in [0.25, 0.3) is 0 Å². The van der Waals surface area contributed by atoms with E-state index in [0.717, 1.165) is 4.47 Å². The quantitative estimate of drug-likeness (QED) is 0.895. The molecule has 0 atom stereocenters. The van der Waals surface area contributed by atoms with Crippen molar-refractivity contribution in [3.8, 4) is 0 Å². The Morgan fingerprint density at radius 2 is 1.88 bits per heavy atom. The largest absolute Gasteiger partial charge is 0.389 e. The first-order valence-corrected chi connectivity index (χ1v) is 6.94. The number of hydrogen-bond acceptors (Lipinski definition) is 2. The molecule has 0 heterocycles. The van der Waals surface area contributed by atoms with Gasteiger partial charge in [0.05, 0.1) is 5.60 Å². The van der Waals surface area contributed by atoms with Crippen molar-refractivity contribution in [3.63, 3.8) is 0 Å². The summed E-state index contributed by atoms with van der Waals surface area (Å²) in [5.41, 5.74) is 0.817. The average molecular weight is 298 g/mol. The highest BCUT2D eigenvalue weighted by molar-refractivity contribution is 9.10. The van der Waals surface area contributed by atoms with Gasteiger partial charge in [-0.2, -0.15) is 0 Å². The lowest BCUT2D eigenvalue weighted by Gasteiger charge is -2.37. The van der Waals surface area contributed by atoms with E-state index in [4.69, 9.17) is 0 Å². The molecule has 2 N–H and O–H groups in total. The summed E-state index contributed by atoms with van der Waals surface area (Å²) >= 11 is 3.45. The van der Waals surface area contributed by atoms with Crippen LogP contribution in [0.25, 0.3) is 0 Å². The van der Waals surface area contributed by atoms with Crippen LogP contribution < -0.4 is 5.32 Å². The fourth-order valence-corrected chi connectivity index (χ4v) is 2.45. The minimum Gasteiger partial charge on any atom is -0.389 e. The molecular formula is C14H20BrNO. The molecule has 0 spiro atoms. The van der Waals surface area contributed by atoms with Crippen molar-refractivity contribution in [1.82, 2.24) is 5.32 Å². The standard InChI is InChI=1S/C14H20BrNO/c1-14(2,17)9-16-13-7-11(8-13)10-3-5-12(15)6-4-10/h3-6,11,13,16-17H,7-9H2,1-2H3. The lowest BCUT2D eigenvalue weighted by molar-refractivity contribution is 0.0708. The number of aliphatic hydroxyl groups is 1. The Morgan fingerprint density at radius 3 is 2.41 bits per heavy atom. The second-order valence-electron chi connectivity index (χ2n) is 5.61. The van der Waals surface area contributed by atoms with E-state index in [1.54, 1.807) is 0 Å². The van der Waals surface area contributed by atoms with Crippen molar-refractivity contribution in [2.24, 2.45) is 0 Å². The number of nitrogens with one attached hydrogen (secondary N) is 1. The lowest BCUT2D eigenvalue weighted by Crippen LogP contribution is -2.46. The van der Waals surface area contributed by atoms with Crippen molar-refractivity contribution in [2.75, 3.05) is 6.54 Å². The van der Waals surface area contributed by atoms with Crippen molar-refractivity contribution >= 4 is 15.9 Å². The molecule has 0 aliphatic heterocycles. The van der Waals surface area contributed by atoms with Crippen LogP contribution in [-0.2, 0) is 0 Å². The van der Waals surface area contributed by atoms with Gasteiger partial charge in [0, 0.05) is 17.1 Å². The fourth-order valence-electron chi connectivity index (χ4n) is 2.19. The molecule has 1 aliphatic carbocycles. The van der Waals surface area contributed by atoms with E-state index in [-0.39, 0.29) is 0 Å². The zero-order chi connectivity index (χ0) is 12.5. The maximum absolute atomic E-state index is 9.63. The minimum atomic E-state index is -0.608. The van der Waals surface area contributed by atoms with Crippen molar-refractivity contribution < 1.29 is 5.11 Å². The van der Waals surface area contributed by atoms with Gasteiger partial charge in [-0.1, -0.05) is 28.1 Å². The highest BCUT2D eigenvalue weighted by Gasteiger charge is 2.30. The van der Waals surface area contributed by atoms with Crippen LogP contribution in [0, 0.1) is 0 Å². The molecule has 0 amide bonds. The topological polar surface area (TPSA) is 32.3 Å². The summed E-state index contributed by atoms with van der Waals surface area (Å²) in [5.74, 6) is 0.683. The first-order valence-electron chi connectivity index (χ1n) is 6.15. The van der Waals surface area contributed by atoms with E-state index < -0.39 is 5.60 Å². The van der Waals surface area contributed by atoms with Gasteiger partial charge in [-0.3, -0.25) is 0 Å². The molecule has 0 saturated heterocycles. The Balaban J connectivity index is 1.77. The molecule has 1 aromatic carbocycles. The Bertz CT molecular complexity index is 363. The van der Waals surface area contributed by atoms with E-state index in [1.165, 1.54) is 18.4 Å². The van der Waals surface area contributed by atoms with Crippen LogP contribution in [-0.4, -0.2) is 23.3 Å². The first kappa shape index (κ1) is 13.1. The van der Waals surface area contributed by atoms with Crippen molar-refractivity contribution in [2.45, 2.75) is 44.2 Å². The highest BCUT2D eigenvalue weighted by atomic mass is 79.9. The van der Waals surface area contributed by atoms with Gasteiger partial charge in [0.15, 0.2) is 0 Å². The van der Waals surface area contributed by atoms with Crippen LogP contribution in [0.1, 0.15) is 38.2 Å². The molecule has 2 rings (SSSR count). The average Bonchev–Trinajstić information content (AvgIpc) is 2.16. The van der Waals surface area contributed by atoms with Gasteiger partial charge in [-0.25, -0.2) is 0 Å². The zero-order valence-electron chi connectivity index (χ0n) is 10.4. The summed E-state index contributed by atoms with van der Waals surface area (Å²) in [5, 5.41) is 13.0. The second kappa shape index (κ2) is 5.09. The molecule has 0 aromatic heterocycles. The Labute approximate surface area is 112 Å². The van der Waals surface area contributed by atoms with Crippen molar-refractivity contribution in [1.29, 1.82) is 0 Å². The second-order valence-corrected chi connectivity index (χ2v) is 6.53. The van der Waals surface area contributed by atoms with Gasteiger partial charge in [-0.05, 0) is 50.3 Å². The molecule has 2 nitrogen and oxygen atoms in total. The van der Waals surface area contributed by atoms with Gasteiger partial charge < -0.3 is 10.4 Å². The Morgan fingerprint density at radius 1 is 1.29 bits per heavy atom. The third kappa shape index (κ3) is 3.80. The molecule has 3 heteroatoms. The summed E-state index contributed by atoms with van der Waals surface area (Å²) in [4.78, 5) is 0. The monoisotopic (exact) mass is 297 g/mol. The van der Waals surface area contributed by atoms with Gasteiger partial charge in [0.1, 0.15) is 0 Å². The summed E-state index contributed by atoms with van der Waals surface area (Å²) in [7, 11) is 0. The maximum Gasteiger partial charge on any atom is 0.0715 e. The van der Waals surface area contributed by atoms with Crippen LogP contribution in [0.5, 0.6) is 0 Å². The van der Waals surface area contributed by atoms with Gasteiger partial charge in [-0.15, -0.1) is 0 Å². The van der Waals surface area contributed by atoms with Crippen LogP contribution in [0.2, 0.25) is 0 Å².